The molecule has 2 nitrogen and oxygen atoms in total. The minimum absolute atomic E-state index is 1.04. The van der Waals surface area contributed by atoms with E-state index in [4.69, 9.17) is 5.21 Å². The zero-order valence-corrected chi connectivity index (χ0v) is 13.6. The Morgan fingerprint density at radius 1 is 0.857 bits per heavy atom. The Balaban J connectivity index is 2.04. The van der Waals surface area contributed by atoms with Crippen LogP contribution in [0.15, 0.2) is 29.4 Å². The second-order valence-corrected chi connectivity index (χ2v) is 5.88. The van der Waals surface area contributed by atoms with Gasteiger partial charge in [0.2, 0.25) is 0 Å². The van der Waals surface area contributed by atoms with Crippen molar-refractivity contribution in [3.8, 4) is 0 Å². The molecular formula is C19H31NO. The Kier molecular flexibility index (Phi) is 10.5. The summed E-state index contributed by atoms with van der Waals surface area (Å²) in [4.78, 5) is 0. The highest BCUT2D eigenvalue weighted by Gasteiger charge is 1.99. The minimum Gasteiger partial charge on any atom is -0.411 e. The van der Waals surface area contributed by atoms with Crippen molar-refractivity contribution in [2.75, 3.05) is 0 Å². The number of rotatable bonds is 12. The maximum atomic E-state index is 8.66. The van der Waals surface area contributed by atoms with Gasteiger partial charge in [-0.1, -0.05) is 94.1 Å². The van der Waals surface area contributed by atoms with Crippen LogP contribution in [0.25, 0.3) is 0 Å². The molecule has 0 fully saturated rings. The molecule has 1 aromatic rings. The van der Waals surface area contributed by atoms with Crippen molar-refractivity contribution >= 4 is 6.21 Å². The predicted octanol–water partition coefficient (Wildman–Crippen LogP) is 5.96. The molecule has 0 unspecified atom stereocenters. The van der Waals surface area contributed by atoms with E-state index in [0.29, 0.717) is 0 Å². The Morgan fingerprint density at radius 3 is 2.05 bits per heavy atom. The van der Waals surface area contributed by atoms with Crippen LogP contribution < -0.4 is 0 Å². The third-order valence-electron chi connectivity index (χ3n) is 4.05. The molecule has 0 aliphatic heterocycles. The molecule has 0 atom stereocenters. The van der Waals surface area contributed by atoms with E-state index in [-0.39, 0.29) is 0 Å². The maximum Gasteiger partial charge on any atom is 0.0736 e. The number of oxime groups is 1. The lowest BCUT2D eigenvalue weighted by atomic mass is 10.0. The van der Waals surface area contributed by atoms with Gasteiger partial charge >= 0.3 is 0 Å². The summed E-state index contributed by atoms with van der Waals surface area (Å²) in [5, 5.41) is 11.8. The van der Waals surface area contributed by atoms with Crippen molar-refractivity contribution in [2.24, 2.45) is 5.16 Å². The van der Waals surface area contributed by atoms with Gasteiger partial charge in [-0.2, -0.15) is 0 Å². The molecule has 118 valence electrons. The van der Waals surface area contributed by atoms with Gasteiger partial charge in [-0.15, -0.1) is 0 Å². The summed E-state index contributed by atoms with van der Waals surface area (Å²) >= 11 is 0. The van der Waals surface area contributed by atoms with Crippen LogP contribution in [-0.4, -0.2) is 11.4 Å². The monoisotopic (exact) mass is 289 g/mol. The summed E-state index contributed by atoms with van der Waals surface area (Å²) in [6, 6.07) is 8.18. The lowest BCUT2D eigenvalue weighted by Gasteiger charge is -2.05. The van der Waals surface area contributed by atoms with Crippen molar-refractivity contribution < 1.29 is 5.21 Å². The zero-order valence-electron chi connectivity index (χ0n) is 13.6. The van der Waals surface area contributed by atoms with Crippen LogP contribution in [0, 0.1) is 0 Å². The van der Waals surface area contributed by atoms with Crippen LogP contribution in [0.3, 0.4) is 0 Å². The van der Waals surface area contributed by atoms with Gasteiger partial charge in [-0.3, -0.25) is 0 Å². The molecule has 0 bridgehead atoms. The number of nitrogens with zero attached hydrogens (tertiary/aromatic N) is 1. The van der Waals surface area contributed by atoms with E-state index < -0.39 is 0 Å². The van der Waals surface area contributed by atoms with Gasteiger partial charge in [0.25, 0.3) is 0 Å². The molecule has 1 rings (SSSR count). The van der Waals surface area contributed by atoms with Crippen LogP contribution in [0.5, 0.6) is 0 Å². The van der Waals surface area contributed by atoms with Crippen LogP contribution in [0.4, 0.5) is 0 Å². The molecule has 0 aliphatic rings. The summed E-state index contributed by atoms with van der Waals surface area (Å²) in [5.74, 6) is 0. The molecule has 2 heteroatoms. The van der Waals surface area contributed by atoms with E-state index in [1.54, 1.807) is 0 Å². The minimum atomic E-state index is 1.04. The molecule has 1 N–H and O–H groups in total. The van der Waals surface area contributed by atoms with Crippen LogP contribution in [-0.2, 0) is 6.42 Å². The lowest BCUT2D eigenvalue weighted by molar-refractivity contribution is 0.322. The fourth-order valence-corrected chi connectivity index (χ4v) is 2.75. The van der Waals surface area contributed by atoms with E-state index >= 15 is 0 Å². The van der Waals surface area contributed by atoms with Gasteiger partial charge in [0.05, 0.1) is 6.21 Å². The molecule has 0 saturated carbocycles. The van der Waals surface area contributed by atoms with Gasteiger partial charge in [0, 0.05) is 0 Å². The fraction of sp³-hybridized carbons (Fsp3) is 0.632. The number of hydrogen-bond donors (Lipinski definition) is 1. The molecule has 0 spiro atoms. The first kappa shape index (κ1) is 17.7. The van der Waals surface area contributed by atoms with Gasteiger partial charge in [-0.05, 0) is 24.0 Å². The molecule has 21 heavy (non-hydrogen) atoms. The van der Waals surface area contributed by atoms with Crippen LogP contribution >= 0.6 is 0 Å². The topological polar surface area (TPSA) is 32.6 Å². The first-order chi connectivity index (χ1) is 10.4. The zero-order chi connectivity index (χ0) is 15.2. The van der Waals surface area contributed by atoms with Gasteiger partial charge < -0.3 is 5.21 Å². The normalized spacial score (nSPS) is 11.3. The summed E-state index contributed by atoms with van der Waals surface area (Å²) in [5.41, 5.74) is 2.32. The van der Waals surface area contributed by atoms with Crippen molar-refractivity contribution in [3.05, 3.63) is 35.4 Å². The molecule has 0 aliphatic carbocycles. The number of hydrogen-bond acceptors (Lipinski definition) is 2. The molecule has 1 aromatic carbocycles. The third kappa shape index (κ3) is 8.54. The summed E-state index contributed by atoms with van der Waals surface area (Å²) in [6.07, 6.45) is 16.3. The summed E-state index contributed by atoms with van der Waals surface area (Å²) in [6.45, 7) is 2.27. The smallest absolute Gasteiger partial charge is 0.0736 e. The molecule has 0 saturated heterocycles. The Hall–Kier alpha value is -1.31. The van der Waals surface area contributed by atoms with Gasteiger partial charge in [-0.25, -0.2) is 0 Å². The molecular weight excluding hydrogens is 258 g/mol. The van der Waals surface area contributed by atoms with E-state index in [0.717, 1.165) is 12.0 Å². The molecule has 0 radical (unpaired) electrons. The highest BCUT2D eigenvalue weighted by Crippen LogP contribution is 2.14. The van der Waals surface area contributed by atoms with E-state index in [9.17, 15) is 0 Å². The molecule has 0 amide bonds. The molecule has 0 aromatic heterocycles. The van der Waals surface area contributed by atoms with E-state index in [2.05, 4.69) is 24.2 Å². The SMILES string of the molecule is CCCCCCCCCCCCc1ccccc1C=NO. The second kappa shape index (κ2) is 12.4. The Morgan fingerprint density at radius 2 is 1.43 bits per heavy atom. The van der Waals surface area contributed by atoms with Crippen molar-refractivity contribution in [3.63, 3.8) is 0 Å². The quantitative estimate of drug-likeness (QED) is 0.219. The summed E-state index contributed by atoms with van der Waals surface area (Å²) < 4.78 is 0. The largest absolute Gasteiger partial charge is 0.411 e. The van der Waals surface area contributed by atoms with Crippen molar-refractivity contribution in [1.82, 2.24) is 0 Å². The maximum absolute atomic E-state index is 8.66. The third-order valence-corrected chi connectivity index (χ3v) is 4.05. The first-order valence-corrected chi connectivity index (χ1v) is 8.63. The predicted molar refractivity (Wildman–Crippen MR) is 91.4 cm³/mol. The van der Waals surface area contributed by atoms with E-state index in [1.807, 2.05) is 12.1 Å². The summed E-state index contributed by atoms with van der Waals surface area (Å²) in [7, 11) is 0. The highest BCUT2D eigenvalue weighted by molar-refractivity contribution is 5.81. The van der Waals surface area contributed by atoms with E-state index in [1.165, 1.54) is 76.0 Å². The Labute approximate surface area is 130 Å². The molecule has 0 heterocycles. The fourth-order valence-electron chi connectivity index (χ4n) is 2.75. The average molecular weight is 289 g/mol. The number of benzene rings is 1. The van der Waals surface area contributed by atoms with Gasteiger partial charge in [0.15, 0.2) is 0 Å². The first-order valence-electron chi connectivity index (χ1n) is 8.63. The van der Waals surface area contributed by atoms with Gasteiger partial charge in [0.1, 0.15) is 0 Å². The number of unbranched alkanes of at least 4 members (excludes halogenated alkanes) is 9. The van der Waals surface area contributed by atoms with Crippen LogP contribution in [0.1, 0.15) is 82.3 Å². The van der Waals surface area contributed by atoms with Crippen molar-refractivity contribution in [1.29, 1.82) is 0 Å². The number of aryl methyl sites for hydroxylation is 1. The average Bonchev–Trinajstić information content (AvgIpc) is 2.51. The lowest BCUT2D eigenvalue weighted by Crippen LogP contribution is -1.93. The standard InChI is InChI=1S/C19H31NO/c1-2-3-4-5-6-7-8-9-10-11-14-18-15-12-13-16-19(18)17-20-21/h12-13,15-17,21H,2-11,14H2,1H3. The Bertz CT molecular complexity index is 387. The highest BCUT2D eigenvalue weighted by atomic mass is 16.4. The van der Waals surface area contributed by atoms with Crippen molar-refractivity contribution in [2.45, 2.75) is 77.6 Å². The van der Waals surface area contributed by atoms with Crippen LogP contribution in [0.2, 0.25) is 0 Å². The second-order valence-electron chi connectivity index (χ2n) is 5.88.